The Kier molecular flexibility index (Phi) is 3.59. The lowest BCUT2D eigenvalue weighted by atomic mass is 9.84. The lowest BCUT2D eigenvalue weighted by Gasteiger charge is -2.44. The number of hydrogen-bond acceptors (Lipinski definition) is 6. The minimum absolute atomic E-state index is 0.291. The number of pyridine rings is 1. The highest BCUT2D eigenvalue weighted by molar-refractivity contribution is 5.66. The lowest BCUT2D eigenvalue weighted by molar-refractivity contribution is -0.227. The van der Waals surface area contributed by atoms with E-state index in [-0.39, 0.29) is 18.2 Å². The first-order valence-electron chi connectivity index (χ1n) is 7.25. The van der Waals surface area contributed by atoms with E-state index in [1.807, 2.05) is 6.07 Å². The van der Waals surface area contributed by atoms with Gasteiger partial charge in [-0.25, -0.2) is 0 Å². The number of aliphatic hydroxyl groups is 1. The summed E-state index contributed by atoms with van der Waals surface area (Å²) in [5.74, 6) is -0.387. The topological polar surface area (TPSA) is 94.7 Å². The van der Waals surface area contributed by atoms with Gasteiger partial charge in [0.05, 0.1) is 24.1 Å². The summed E-state index contributed by atoms with van der Waals surface area (Å²) >= 11 is 0. The van der Waals surface area contributed by atoms with Gasteiger partial charge in [0.25, 0.3) is 0 Å². The highest BCUT2D eigenvalue weighted by Gasteiger charge is 2.54. The van der Waals surface area contributed by atoms with E-state index >= 15 is 0 Å². The van der Waals surface area contributed by atoms with Crippen molar-refractivity contribution in [1.82, 2.24) is 4.98 Å². The van der Waals surface area contributed by atoms with Crippen LogP contribution in [0.15, 0.2) is 18.5 Å². The van der Waals surface area contributed by atoms with Crippen molar-refractivity contribution in [2.75, 3.05) is 5.73 Å². The molecule has 6 heteroatoms. The third-order valence-corrected chi connectivity index (χ3v) is 4.46. The Morgan fingerprint density at radius 3 is 3.14 bits per heavy atom. The molecule has 2 fully saturated rings. The van der Waals surface area contributed by atoms with Crippen LogP contribution in [0.5, 0.6) is 0 Å². The number of hydrogen-bond donors (Lipinski definition) is 2. The van der Waals surface area contributed by atoms with Crippen LogP contribution in [0.2, 0.25) is 0 Å². The number of nitrogens with two attached hydrogens (primary N) is 1. The standard InChI is InChI=1S/C15H20N2O4/c1-9(18)20-14-7-12(10-4-6-17-8-11(10)16)21-13-3-2-5-15(13,14)19/h4,6,8,12-14,19H,2-3,5,7,16H2,1H3/t12-,13-,14-,15-/m1/s1. The zero-order valence-electron chi connectivity index (χ0n) is 12.0. The number of nitrogen functional groups attached to an aromatic ring is 1. The molecule has 0 spiro atoms. The maximum atomic E-state index is 11.3. The smallest absolute Gasteiger partial charge is 0.303 e. The van der Waals surface area contributed by atoms with Crippen LogP contribution in [-0.4, -0.2) is 33.9 Å². The molecule has 3 rings (SSSR count). The number of nitrogens with zero attached hydrogens (tertiary/aromatic N) is 1. The summed E-state index contributed by atoms with van der Waals surface area (Å²) < 4.78 is 11.4. The van der Waals surface area contributed by atoms with E-state index in [0.717, 1.165) is 18.4 Å². The SMILES string of the molecule is CC(=O)O[C@@H]1C[C@H](c2ccncc2N)O[C@@H]2CCC[C@]12O. The van der Waals surface area contributed by atoms with Gasteiger partial charge in [0, 0.05) is 25.1 Å². The van der Waals surface area contributed by atoms with Crippen LogP contribution in [0.4, 0.5) is 5.69 Å². The second-order valence-electron chi connectivity index (χ2n) is 5.84. The van der Waals surface area contributed by atoms with Crippen LogP contribution < -0.4 is 5.73 Å². The Hall–Kier alpha value is -1.66. The van der Waals surface area contributed by atoms with Gasteiger partial charge in [-0.05, 0) is 25.3 Å². The van der Waals surface area contributed by atoms with Gasteiger partial charge in [0.1, 0.15) is 11.7 Å². The molecule has 1 aromatic heterocycles. The number of aromatic nitrogens is 1. The molecule has 114 valence electrons. The second kappa shape index (κ2) is 5.27. The average molecular weight is 292 g/mol. The summed E-state index contributed by atoms with van der Waals surface area (Å²) in [4.78, 5) is 15.3. The van der Waals surface area contributed by atoms with E-state index in [9.17, 15) is 9.90 Å². The Morgan fingerprint density at radius 2 is 2.43 bits per heavy atom. The van der Waals surface area contributed by atoms with E-state index in [1.165, 1.54) is 6.92 Å². The molecule has 3 N–H and O–H groups in total. The van der Waals surface area contributed by atoms with Crippen molar-refractivity contribution < 1.29 is 19.4 Å². The normalized spacial score (nSPS) is 35.2. The Morgan fingerprint density at radius 1 is 1.62 bits per heavy atom. The zero-order chi connectivity index (χ0) is 15.0. The van der Waals surface area contributed by atoms with E-state index in [2.05, 4.69) is 4.98 Å². The van der Waals surface area contributed by atoms with E-state index in [4.69, 9.17) is 15.2 Å². The zero-order valence-corrected chi connectivity index (χ0v) is 12.0. The number of esters is 1. The van der Waals surface area contributed by atoms with Gasteiger partial charge in [-0.2, -0.15) is 0 Å². The summed E-state index contributed by atoms with van der Waals surface area (Å²) in [5.41, 5.74) is 6.25. The monoisotopic (exact) mass is 292 g/mol. The lowest BCUT2D eigenvalue weighted by Crippen LogP contribution is -2.55. The predicted octanol–water partition coefficient (Wildman–Crippen LogP) is 1.34. The number of fused-ring (bicyclic) bond motifs is 1. The van der Waals surface area contributed by atoms with Crippen molar-refractivity contribution in [2.45, 2.75) is 56.5 Å². The molecule has 1 aliphatic heterocycles. The molecule has 1 saturated heterocycles. The summed E-state index contributed by atoms with van der Waals surface area (Å²) in [7, 11) is 0. The van der Waals surface area contributed by atoms with Gasteiger partial charge in [0.15, 0.2) is 0 Å². The van der Waals surface area contributed by atoms with Gasteiger partial charge in [0.2, 0.25) is 0 Å². The van der Waals surface area contributed by atoms with E-state index in [0.29, 0.717) is 18.5 Å². The molecule has 0 bridgehead atoms. The first-order valence-corrected chi connectivity index (χ1v) is 7.25. The van der Waals surface area contributed by atoms with Crippen molar-refractivity contribution in [3.63, 3.8) is 0 Å². The molecule has 1 aliphatic carbocycles. The Bertz CT molecular complexity index is 550. The predicted molar refractivity (Wildman–Crippen MR) is 75.2 cm³/mol. The summed E-state index contributed by atoms with van der Waals surface area (Å²) in [6, 6.07) is 1.81. The van der Waals surface area contributed by atoms with Crippen molar-refractivity contribution in [2.24, 2.45) is 0 Å². The van der Waals surface area contributed by atoms with E-state index < -0.39 is 11.7 Å². The molecule has 4 atom stereocenters. The number of carbonyl (C=O) groups excluding carboxylic acids is 1. The third kappa shape index (κ3) is 2.49. The van der Waals surface area contributed by atoms with Gasteiger partial charge in [-0.3, -0.25) is 9.78 Å². The van der Waals surface area contributed by atoms with Gasteiger partial charge in [-0.1, -0.05) is 0 Å². The highest BCUT2D eigenvalue weighted by atomic mass is 16.6. The maximum absolute atomic E-state index is 11.3. The van der Waals surface area contributed by atoms with Crippen LogP contribution in [0.3, 0.4) is 0 Å². The van der Waals surface area contributed by atoms with Crippen LogP contribution in [-0.2, 0) is 14.3 Å². The molecule has 0 amide bonds. The molecular formula is C15H20N2O4. The Balaban J connectivity index is 1.89. The Labute approximate surface area is 123 Å². The largest absolute Gasteiger partial charge is 0.459 e. The molecule has 6 nitrogen and oxygen atoms in total. The molecule has 0 radical (unpaired) electrons. The molecule has 1 aromatic rings. The van der Waals surface area contributed by atoms with Gasteiger partial charge in [-0.15, -0.1) is 0 Å². The maximum Gasteiger partial charge on any atom is 0.303 e. The molecule has 21 heavy (non-hydrogen) atoms. The van der Waals surface area contributed by atoms with Crippen LogP contribution in [0.1, 0.15) is 44.3 Å². The van der Waals surface area contributed by atoms with Crippen molar-refractivity contribution in [3.05, 3.63) is 24.0 Å². The summed E-state index contributed by atoms with van der Waals surface area (Å²) in [5, 5.41) is 10.8. The van der Waals surface area contributed by atoms with Crippen molar-refractivity contribution in [1.29, 1.82) is 0 Å². The first-order chi connectivity index (χ1) is 10.0. The van der Waals surface area contributed by atoms with Crippen LogP contribution >= 0.6 is 0 Å². The van der Waals surface area contributed by atoms with Crippen LogP contribution in [0, 0.1) is 0 Å². The third-order valence-electron chi connectivity index (χ3n) is 4.46. The molecule has 1 saturated carbocycles. The second-order valence-corrected chi connectivity index (χ2v) is 5.84. The number of anilines is 1. The van der Waals surface area contributed by atoms with E-state index in [1.54, 1.807) is 12.4 Å². The summed E-state index contributed by atoms with van der Waals surface area (Å²) in [6.45, 7) is 1.36. The molecule has 0 aromatic carbocycles. The molecular weight excluding hydrogens is 272 g/mol. The molecule has 2 aliphatic rings. The number of carbonyl (C=O) groups is 1. The molecule has 0 unspecified atom stereocenters. The van der Waals surface area contributed by atoms with Crippen molar-refractivity contribution in [3.8, 4) is 0 Å². The highest BCUT2D eigenvalue weighted by Crippen LogP contribution is 2.47. The van der Waals surface area contributed by atoms with Gasteiger partial charge >= 0.3 is 5.97 Å². The minimum atomic E-state index is -1.08. The van der Waals surface area contributed by atoms with Crippen molar-refractivity contribution >= 4 is 11.7 Å². The fraction of sp³-hybridized carbons (Fsp3) is 0.600. The van der Waals surface area contributed by atoms with Crippen LogP contribution in [0.25, 0.3) is 0 Å². The fourth-order valence-corrected chi connectivity index (χ4v) is 3.45. The average Bonchev–Trinajstić information content (AvgIpc) is 2.81. The number of ether oxygens (including phenoxy) is 2. The van der Waals surface area contributed by atoms with Gasteiger partial charge < -0.3 is 20.3 Å². The quantitative estimate of drug-likeness (QED) is 0.799. The fourth-order valence-electron chi connectivity index (χ4n) is 3.45. The first kappa shape index (κ1) is 14.3. The summed E-state index contributed by atoms with van der Waals surface area (Å²) in [6.07, 6.45) is 4.67. The number of rotatable bonds is 2. The minimum Gasteiger partial charge on any atom is -0.459 e. The molecule has 2 heterocycles.